The fraction of sp³-hybridized carbons (Fsp3) is 0.802. The van der Waals surface area contributed by atoms with E-state index in [1.807, 2.05) is 41.5 Å². The van der Waals surface area contributed by atoms with Crippen LogP contribution in [0.4, 0.5) is 0 Å². The van der Waals surface area contributed by atoms with Crippen LogP contribution in [0.25, 0.3) is 0 Å². The van der Waals surface area contributed by atoms with Gasteiger partial charge in [0.1, 0.15) is 39.9 Å². The summed E-state index contributed by atoms with van der Waals surface area (Å²) in [4.78, 5) is 227. The summed E-state index contributed by atoms with van der Waals surface area (Å²) >= 11 is 0. The molecule has 0 aliphatic carbocycles. The summed E-state index contributed by atoms with van der Waals surface area (Å²) in [6, 6.07) is 0. The number of ether oxygens (including phenoxy) is 22. The normalized spacial score (nSPS) is 11.9. The van der Waals surface area contributed by atoms with Gasteiger partial charge < -0.3 is 104 Å². The predicted octanol–water partition coefficient (Wildman–Crippen LogP) is 3.62. The topological polar surface area (TPSA) is 579 Å². The van der Waals surface area contributed by atoms with E-state index in [0.29, 0.717) is 52.1 Å². The first-order valence-electron chi connectivity index (χ1n) is 40.0. The molecule has 0 N–H and O–H groups in total. The standard InChI is InChI=1S/C75H132O32.6CO2/c1-13-19-36-106-75(105-35-18-6,107-37-20-21-65(80)86-7)50-64(79)25-41-98-54-71(51-95-38-22-61(76)47-72(102-34-17-5,55-92-31-14-2)56-93-32-15-3,52-96-39-23-62(77)48-73(57-94-33-16-4,103-45-29-69(84)90-11)58-99-42-26-66(81)87-8)53-97-40-24-63(78)49-74(104-46-30-70(85)91-12,59-100-43-27-67(82)88-9)60-101-44-28-68(83)89-10;6*2-1-3/h13-60H2,1-12H3;;;;;;. The molecule has 0 bridgehead atoms. The number of hydrogen-bond donors (Lipinski definition) is 0. The van der Waals surface area contributed by atoms with Crippen molar-refractivity contribution in [2.75, 3.05) is 214 Å². The highest BCUT2D eigenvalue weighted by atomic mass is 16.9. The summed E-state index contributed by atoms with van der Waals surface area (Å²) in [5.41, 5.74) is -5.43. The molecule has 0 aromatic carbocycles. The molecule has 0 heterocycles. The lowest BCUT2D eigenvalue weighted by atomic mass is 9.91. The van der Waals surface area contributed by atoms with Crippen LogP contribution in [0.5, 0.6) is 0 Å². The number of ketones is 4. The lowest BCUT2D eigenvalue weighted by Crippen LogP contribution is -2.46. The maximum Gasteiger partial charge on any atom is 0.373 e. The second kappa shape index (κ2) is 92.8. The van der Waals surface area contributed by atoms with Gasteiger partial charge in [0, 0.05) is 77.8 Å². The Morgan fingerprint density at radius 2 is 0.408 bits per heavy atom. The molecule has 0 aromatic heterocycles. The van der Waals surface area contributed by atoms with Gasteiger partial charge >= 0.3 is 72.7 Å². The molecule has 125 heavy (non-hydrogen) atoms. The quantitative estimate of drug-likeness (QED) is 0.0363. The van der Waals surface area contributed by atoms with E-state index in [4.69, 9.17) is 162 Å². The van der Waals surface area contributed by atoms with Crippen molar-refractivity contribution in [2.45, 2.75) is 206 Å². The molecule has 0 fully saturated rings. The second-order valence-electron chi connectivity index (χ2n) is 26.4. The molecule has 3 unspecified atom stereocenters. The van der Waals surface area contributed by atoms with Gasteiger partial charge in [-0.15, -0.1) is 0 Å². The first-order chi connectivity index (χ1) is 60.0. The molecule has 0 aliphatic heterocycles. The molecule has 44 heteroatoms. The minimum absolute atomic E-state index is 0.00571. The molecule has 44 nitrogen and oxygen atoms in total. The maximum atomic E-state index is 14.4. The molecule has 0 saturated carbocycles. The lowest BCUT2D eigenvalue weighted by molar-refractivity contribution is -0.379. The van der Waals surface area contributed by atoms with E-state index >= 15 is 0 Å². The molecule has 0 rings (SSSR count). The predicted molar refractivity (Wildman–Crippen MR) is 415 cm³/mol. The van der Waals surface area contributed by atoms with Crippen molar-refractivity contribution in [3.8, 4) is 0 Å². The Kier molecular flexibility index (Phi) is 96.0. The van der Waals surface area contributed by atoms with Gasteiger partial charge in [-0.25, -0.2) is 0 Å². The monoisotopic (exact) mass is 1810 g/mol. The number of rotatable bonds is 78. The zero-order valence-corrected chi connectivity index (χ0v) is 74.4. The maximum absolute atomic E-state index is 14.4. The van der Waals surface area contributed by atoms with Crippen molar-refractivity contribution in [3.63, 3.8) is 0 Å². The molecule has 0 spiro atoms. The number of esters is 6. The Morgan fingerprint density at radius 3 is 0.664 bits per heavy atom. The largest absolute Gasteiger partial charge is 0.469 e. The minimum Gasteiger partial charge on any atom is -0.469 e. The first kappa shape index (κ1) is 129. The van der Waals surface area contributed by atoms with Gasteiger partial charge in [-0.3, -0.25) is 47.9 Å². The summed E-state index contributed by atoms with van der Waals surface area (Å²) in [6.45, 7) is 10.4. The molecule has 0 aliphatic rings. The molecular formula is C81H132O44. The Hall–Kier alpha value is -8.86. The third kappa shape index (κ3) is 80.7. The van der Waals surface area contributed by atoms with Crippen LogP contribution in [0.15, 0.2) is 0 Å². The van der Waals surface area contributed by atoms with Gasteiger partial charge in [0.25, 0.3) is 5.97 Å². The number of methoxy groups -OCH3 is 6. The van der Waals surface area contributed by atoms with Crippen molar-refractivity contribution < 1.29 is 210 Å². The molecule has 0 amide bonds. The van der Waals surface area contributed by atoms with Crippen LogP contribution in [0.1, 0.15) is 183 Å². The van der Waals surface area contributed by atoms with Crippen LogP contribution in [-0.2, 0) is 210 Å². The van der Waals surface area contributed by atoms with Crippen LogP contribution in [0.3, 0.4) is 0 Å². The highest BCUT2D eigenvalue weighted by Gasteiger charge is 2.41. The Bertz CT molecular complexity index is 2870. The molecular weight excluding hydrogens is 1680 g/mol. The summed E-state index contributed by atoms with van der Waals surface area (Å²) in [7, 11) is 7.42. The van der Waals surface area contributed by atoms with Crippen LogP contribution >= 0.6 is 0 Å². The van der Waals surface area contributed by atoms with Gasteiger partial charge in [-0.05, 0) is 44.9 Å². The lowest BCUT2D eigenvalue weighted by Gasteiger charge is -2.34. The summed E-state index contributed by atoms with van der Waals surface area (Å²) in [5.74, 6) is -6.37. The third-order valence-corrected chi connectivity index (χ3v) is 15.9. The number of hydrogen-bond acceptors (Lipinski definition) is 44. The highest BCUT2D eigenvalue weighted by Crippen LogP contribution is 2.29. The zero-order valence-electron chi connectivity index (χ0n) is 74.4. The van der Waals surface area contributed by atoms with Gasteiger partial charge in [-0.2, -0.15) is 57.5 Å². The van der Waals surface area contributed by atoms with Crippen molar-refractivity contribution in [2.24, 2.45) is 5.41 Å². The van der Waals surface area contributed by atoms with E-state index < -0.39 is 69.8 Å². The molecule has 0 saturated heterocycles. The first-order valence-corrected chi connectivity index (χ1v) is 40.0. The minimum atomic E-state index is -1.78. The van der Waals surface area contributed by atoms with Crippen LogP contribution in [0.2, 0.25) is 0 Å². The average Bonchev–Trinajstić information content (AvgIpc) is 0.872. The fourth-order valence-electron chi connectivity index (χ4n) is 10.1. The highest BCUT2D eigenvalue weighted by molar-refractivity contribution is 5.81. The number of carbonyl (C=O) groups is 10. The Morgan fingerprint density at radius 1 is 0.208 bits per heavy atom. The summed E-state index contributed by atoms with van der Waals surface area (Å²) in [6.07, 6.45) is 4.08. The van der Waals surface area contributed by atoms with E-state index in [2.05, 4.69) is 0 Å². The van der Waals surface area contributed by atoms with E-state index in [1.165, 1.54) is 42.7 Å². The number of Topliss-reactive ketones (excluding diaryl/α,β-unsaturated/α-hetero) is 4. The Balaban J connectivity index is -0.00000141. The molecule has 0 aromatic rings. The van der Waals surface area contributed by atoms with Crippen LogP contribution < -0.4 is 0 Å². The number of carbonyl (C=O) groups excluding carboxylic acids is 22. The molecule has 0 radical (unpaired) electrons. The number of unbranched alkanes of at least 4 members (excludes halogenated alkanes) is 1. The van der Waals surface area contributed by atoms with E-state index in [0.717, 1.165) is 19.3 Å². The van der Waals surface area contributed by atoms with Gasteiger partial charge in [-0.1, -0.05) is 48.0 Å². The van der Waals surface area contributed by atoms with E-state index in [9.17, 15) is 47.9 Å². The van der Waals surface area contributed by atoms with Gasteiger partial charge in [0.05, 0.1) is 232 Å². The van der Waals surface area contributed by atoms with Gasteiger partial charge in [0.2, 0.25) is 0 Å². The fourth-order valence-corrected chi connectivity index (χ4v) is 10.1. The summed E-state index contributed by atoms with van der Waals surface area (Å²) < 4.78 is 127. The van der Waals surface area contributed by atoms with Crippen molar-refractivity contribution in [1.29, 1.82) is 0 Å². The van der Waals surface area contributed by atoms with Gasteiger partial charge in [0.15, 0.2) is 0 Å². The zero-order chi connectivity index (χ0) is 96.0. The van der Waals surface area contributed by atoms with Crippen molar-refractivity contribution in [1.82, 2.24) is 0 Å². The van der Waals surface area contributed by atoms with Crippen molar-refractivity contribution >= 4 is 95.9 Å². The Labute approximate surface area is 728 Å². The second-order valence-corrected chi connectivity index (χ2v) is 26.4. The van der Waals surface area contributed by atoms with Crippen LogP contribution in [-0.4, -0.2) is 333 Å². The van der Waals surface area contributed by atoms with E-state index in [-0.39, 0.29) is 296 Å². The molecule has 720 valence electrons. The average molecular weight is 1810 g/mol. The molecule has 3 atom stereocenters. The van der Waals surface area contributed by atoms with Crippen LogP contribution in [0, 0.1) is 5.41 Å². The third-order valence-electron chi connectivity index (χ3n) is 15.9. The summed E-state index contributed by atoms with van der Waals surface area (Å²) in [5, 5.41) is 0. The SMILES string of the molecule is CCCCOC(CC(=O)CCOCC(COCCC(=O)CC(COCCC)(COCCC)OCCC)(COCCC(=O)CC(COCCC)(COCCC(=O)OC)OCCC(=O)OC)COCCC(=O)CC(COCCC(=O)OC)(COCCC(=O)OC)OCCC(=O)OC)(OCCC)OCCCC(=O)OC.O=C=O.O=C=O.O=C=O.O=C=O.O=C=O.O=C=O. The van der Waals surface area contributed by atoms with Crippen molar-refractivity contribution in [3.05, 3.63) is 0 Å². The van der Waals surface area contributed by atoms with E-state index in [1.54, 1.807) is 0 Å². The smallest absolute Gasteiger partial charge is 0.373 e.